The SMILES string of the molecule is C=C(C)c1cc2cnc(C)cc2[nH]1. The van der Waals surface area contributed by atoms with Crippen LogP contribution in [0.15, 0.2) is 24.9 Å². The van der Waals surface area contributed by atoms with Crippen molar-refractivity contribution in [2.24, 2.45) is 0 Å². The summed E-state index contributed by atoms with van der Waals surface area (Å²) in [6.45, 7) is 7.87. The van der Waals surface area contributed by atoms with Gasteiger partial charge in [-0.25, -0.2) is 0 Å². The molecule has 0 unspecified atom stereocenters. The van der Waals surface area contributed by atoms with Gasteiger partial charge in [0.05, 0.1) is 0 Å². The first-order valence-electron chi connectivity index (χ1n) is 4.28. The monoisotopic (exact) mass is 172 g/mol. The summed E-state index contributed by atoms with van der Waals surface area (Å²) in [4.78, 5) is 7.53. The van der Waals surface area contributed by atoms with Crippen LogP contribution >= 0.6 is 0 Å². The fourth-order valence-electron chi connectivity index (χ4n) is 1.36. The van der Waals surface area contributed by atoms with Gasteiger partial charge in [0.25, 0.3) is 0 Å². The Morgan fingerprint density at radius 3 is 2.92 bits per heavy atom. The maximum atomic E-state index is 4.23. The molecular formula is C11H12N2. The molecule has 0 fully saturated rings. The van der Waals surface area contributed by atoms with Gasteiger partial charge in [0.15, 0.2) is 0 Å². The van der Waals surface area contributed by atoms with E-state index in [-0.39, 0.29) is 0 Å². The molecule has 1 N–H and O–H groups in total. The van der Waals surface area contributed by atoms with Gasteiger partial charge in [-0.05, 0) is 31.6 Å². The number of rotatable bonds is 1. The highest BCUT2D eigenvalue weighted by Crippen LogP contribution is 2.19. The second kappa shape index (κ2) is 2.73. The molecule has 0 atom stereocenters. The normalized spacial score (nSPS) is 10.6. The zero-order valence-corrected chi connectivity index (χ0v) is 7.89. The Balaban J connectivity index is 2.68. The maximum Gasteiger partial charge on any atom is 0.0492 e. The molecule has 2 rings (SSSR count). The van der Waals surface area contributed by atoms with Crippen LogP contribution in [-0.2, 0) is 0 Å². The molecule has 2 aromatic heterocycles. The first-order valence-corrected chi connectivity index (χ1v) is 4.28. The predicted octanol–water partition coefficient (Wildman–Crippen LogP) is 2.90. The van der Waals surface area contributed by atoms with Crippen LogP contribution in [0.4, 0.5) is 0 Å². The number of hydrogen-bond acceptors (Lipinski definition) is 1. The zero-order valence-electron chi connectivity index (χ0n) is 7.89. The molecule has 2 heteroatoms. The smallest absolute Gasteiger partial charge is 0.0492 e. The van der Waals surface area contributed by atoms with Gasteiger partial charge in [-0.1, -0.05) is 6.58 Å². The number of hydrogen-bond donors (Lipinski definition) is 1. The number of aromatic amines is 1. The Kier molecular flexibility index (Phi) is 1.69. The van der Waals surface area contributed by atoms with E-state index in [2.05, 4.69) is 22.6 Å². The molecule has 0 amide bonds. The highest BCUT2D eigenvalue weighted by molar-refractivity contribution is 5.83. The molecule has 66 valence electrons. The van der Waals surface area contributed by atoms with Crippen molar-refractivity contribution in [3.8, 4) is 0 Å². The van der Waals surface area contributed by atoms with Gasteiger partial charge in [0.2, 0.25) is 0 Å². The number of aromatic nitrogens is 2. The van der Waals surface area contributed by atoms with E-state index in [0.29, 0.717) is 0 Å². The number of nitrogens with zero attached hydrogens (tertiary/aromatic N) is 1. The first-order chi connectivity index (χ1) is 6.16. The Morgan fingerprint density at radius 1 is 1.46 bits per heavy atom. The Labute approximate surface area is 77.3 Å². The zero-order chi connectivity index (χ0) is 9.42. The molecular weight excluding hydrogens is 160 g/mol. The van der Waals surface area contributed by atoms with Gasteiger partial charge >= 0.3 is 0 Å². The Morgan fingerprint density at radius 2 is 2.23 bits per heavy atom. The molecule has 2 heterocycles. The second-order valence-electron chi connectivity index (χ2n) is 3.38. The van der Waals surface area contributed by atoms with Crippen molar-refractivity contribution >= 4 is 16.5 Å². The third-order valence-corrected chi connectivity index (χ3v) is 2.10. The summed E-state index contributed by atoms with van der Waals surface area (Å²) in [7, 11) is 0. The van der Waals surface area contributed by atoms with E-state index < -0.39 is 0 Å². The maximum absolute atomic E-state index is 4.23. The lowest BCUT2D eigenvalue weighted by atomic mass is 10.2. The summed E-state index contributed by atoms with van der Waals surface area (Å²) in [5, 5.41) is 1.14. The van der Waals surface area contributed by atoms with Crippen LogP contribution in [0, 0.1) is 6.92 Å². The van der Waals surface area contributed by atoms with E-state index in [1.165, 1.54) is 0 Å². The summed E-state index contributed by atoms with van der Waals surface area (Å²) in [6, 6.07) is 4.12. The first kappa shape index (κ1) is 8.05. The van der Waals surface area contributed by atoms with Crippen LogP contribution in [0.1, 0.15) is 18.3 Å². The average Bonchev–Trinajstić information content (AvgIpc) is 2.46. The molecule has 0 saturated heterocycles. The lowest BCUT2D eigenvalue weighted by Crippen LogP contribution is -1.78. The third kappa shape index (κ3) is 1.35. The predicted molar refractivity (Wildman–Crippen MR) is 55.5 cm³/mol. The molecule has 0 bridgehead atoms. The second-order valence-corrected chi connectivity index (χ2v) is 3.38. The van der Waals surface area contributed by atoms with E-state index in [1.807, 2.05) is 26.1 Å². The van der Waals surface area contributed by atoms with E-state index in [1.54, 1.807) is 0 Å². The molecule has 0 aliphatic carbocycles. The third-order valence-electron chi connectivity index (χ3n) is 2.10. The molecule has 13 heavy (non-hydrogen) atoms. The number of pyridine rings is 1. The number of H-pyrrole nitrogens is 1. The molecule has 0 aliphatic rings. The Hall–Kier alpha value is -1.57. The average molecular weight is 172 g/mol. The van der Waals surface area contributed by atoms with Crippen molar-refractivity contribution in [2.75, 3.05) is 0 Å². The largest absolute Gasteiger partial charge is 0.355 e. The minimum absolute atomic E-state index is 1.03. The molecule has 0 spiro atoms. The standard InChI is InChI=1S/C11H12N2/c1-7(2)10-5-9-6-12-8(3)4-11(9)13-10/h4-6,13H,1H2,2-3H3. The van der Waals surface area contributed by atoms with Gasteiger partial charge in [-0.15, -0.1) is 0 Å². The van der Waals surface area contributed by atoms with Crippen LogP contribution in [-0.4, -0.2) is 9.97 Å². The van der Waals surface area contributed by atoms with Gasteiger partial charge in [-0.2, -0.15) is 0 Å². The summed E-state index contributed by atoms with van der Waals surface area (Å²) < 4.78 is 0. The van der Waals surface area contributed by atoms with Crippen molar-refractivity contribution < 1.29 is 0 Å². The fourth-order valence-corrected chi connectivity index (χ4v) is 1.36. The summed E-state index contributed by atoms with van der Waals surface area (Å²) in [5.74, 6) is 0. The van der Waals surface area contributed by atoms with Crippen LogP contribution < -0.4 is 0 Å². The highest BCUT2D eigenvalue weighted by atomic mass is 14.7. The van der Waals surface area contributed by atoms with Crippen LogP contribution in [0.3, 0.4) is 0 Å². The van der Waals surface area contributed by atoms with Crippen LogP contribution in [0.25, 0.3) is 16.5 Å². The van der Waals surface area contributed by atoms with Crippen LogP contribution in [0.2, 0.25) is 0 Å². The van der Waals surface area contributed by atoms with Gasteiger partial charge in [-0.3, -0.25) is 4.98 Å². The van der Waals surface area contributed by atoms with Crippen molar-refractivity contribution in [1.29, 1.82) is 0 Å². The van der Waals surface area contributed by atoms with Crippen molar-refractivity contribution in [3.05, 3.63) is 36.3 Å². The highest BCUT2D eigenvalue weighted by Gasteiger charge is 2.00. The van der Waals surface area contributed by atoms with Crippen LogP contribution in [0.5, 0.6) is 0 Å². The quantitative estimate of drug-likeness (QED) is 0.704. The molecule has 0 saturated carbocycles. The molecule has 0 aromatic carbocycles. The number of fused-ring (bicyclic) bond motifs is 1. The van der Waals surface area contributed by atoms with Crippen molar-refractivity contribution in [1.82, 2.24) is 9.97 Å². The van der Waals surface area contributed by atoms with E-state index >= 15 is 0 Å². The molecule has 0 aliphatic heterocycles. The summed E-state index contributed by atoms with van der Waals surface area (Å²) in [5.41, 5.74) is 4.30. The number of allylic oxidation sites excluding steroid dienone is 1. The Bertz CT molecular complexity index is 466. The van der Waals surface area contributed by atoms with Crippen molar-refractivity contribution in [2.45, 2.75) is 13.8 Å². The summed E-state index contributed by atoms with van der Waals surface area (Å²) >= 11 is 0. The van der Waals surface area contributed by atoms with Gasteiger partial charge < -0.3 is 4.98 Å². The topological polar surface area (TPSA) is 28.7 Å². The van der Waals surface area contributed by atoms with E-state index in [0.717, 1.165) is 27.9 Å². The summed E-state index contributed by atoms with van der Waals surface area (Å²) in [6.07, 6.45) is 1.88. The van der Waals surface area contributed by atoms with E-state index in [9.17, 15) is 0 Å². The molecule has 2 nitrogen and oxygen atoms in total. The molecule has 2 aromatic rings. The van der Waals surface area contributed by atoms with E-state index in [4.69, 9.17) is 0 Å². The minimum Gasteiger partial charge on any atom is -0.355 e. The fraction of sp³-hybridized carbons (Fsp3) is 0.182. The van der Waals surface area contributed by atoms with Gasteiger partial charge in [0.1, 0.15) is 0 Å². The van der Waals surface area contributed by atoms with Crippen molar-refractivity contribution in [3.63, 3.8) is 0 Å². The number of aryl methyl sites for hydroxylation is 1. The lowest BCUT2D eigenvalue weighted by molar-refractivity contribution is 1.22. The molecule has 0 radical (unpaired) electrons. The minimum atomic E-state index is 1.03. The lowest BCUT2D eigenvalue weighted by Gasteiger charge is -1.91. The number of nitrogens with one attached hydrogen (secondary N) is 1. The van der Waals surface area contributed by atoms with Gasteiger partial charge in [0, 0.05) is 28.5 Å².